The number of fused-ring (bicyclic) bond motifs is 1. The first-order valence-corrected chi connectivity index (χ1v) is 7.72. The third-order valence-corrected chi connectivity index (χ3v) is 5.94. The van der Waals surface area contributed by atoms with E-state index in [1.54, 1.807) is 43.3 Å². The molecule has 1 heterocycles. The van der Waals surface area contributed by atoms with Gasteiger partial charge in [0.15, 0.2) is 0 Å². The Morgan fingerprint density at radius 2 is 2.05 bits per heavy atom. The van der Waals surface area contributed by atoms with Crippen LogP contribution in [0.15, 0.2) is 48.6 Å². The molecule has 2 N–H and O–H groups in total. The van der Waals surface area contributed by atoms with Gasteiger partial charge in [-0.15, -0.1) is 0 Å². The van der Waals surface area contributed by atoms with Crippen LogP contribution in [0.4, 0.5) is 5.95 Å². The van der Waals surface area contributed by atoms with Gasteiger partial charge in [0, 0.05) is 0 Å². The van der Waals surface area contributed by atoms with Gasteiger partial charge in [0.25, 0.3) is 10.0 Å². The largest absolute Gasteiger partial charge is 0.368 e. The maximum absolute atomic E-state index is 13.0. The maximum Gasteiger partial charge on any atom is 0.251 e. The van der Waals surface area contributed by atoms with E-state index in [1.165, 1.54) is 0 Å². The number of benzene rings is 1. The summed E-state index contributed by atoms with van der Waals surface area (Å²) in [6, 6.07) is 7.03. The Morgan fingerprint density at radius 1 is 1.30 bits per heavy atom. The zero-order chi connectivity index (χ0) is 14.4. The summed E-state index contributed by atoms with van der Waals surface area (Å²) >= 11 is 0. The van der Waals surface area contributed by atoms with Crippen molar-refractivity contribution in [2.75, 3.05) is 5.73 Å². The number of nitrogens with two attached hydrogens (primary N) is 1. The third-order valence-electron chi connectivity index (χ3n) is 3.59. The highest BCUT2D eigenvalue weighted by molar-refractivity contribution is 7.91. The van der Waals surface area contributed by atoms with Crippen LogP contribution in [-0.2, 0) is 10.0 Å². The number of para-hydroxylation sites is 2. The number of allylic oxidation sites excluding steroid dienone is 3. The molecule has 0 amide bonds. The van der Waals surface area contributed by atoms with E-state index in [-0.39, 0.29) is 5.95 Å². The minimum atomic E-state index is -3.68. The maximum atomic E-state index is 13.0. The predicted molar refractivity (Wildman–Crippen MR) is 79.8 cm³/mol. The highest BCUT2D eigenvalue weighted by atomic mass is 32.2. The first-order valence-electron chi connectivity index (χ1n) is 6.28. The molecule has 20 heavy (non-hydrogen) atoms. The van der Waals surface area contributed by atoms with Crippen LogP contribution in [0.2, 0.25) is 0 Å². The topological polar surface area (TPSA) is 78.0 Å². The summed E-state index contributed by atoms with van der Waals surface area (Å²) in [5.74, 6) is -0.00428. The lowest BCUT2D eigenvalue weighted by atomic mass is 10.0. The third kappa shape index (κ3) is 1.68. The molecule has 0 saturated carbocycles. The molecule has 1 atom stereocenters. The van der Waals surface area contributed by atoms with E-state index >= 15 is 0 Å². The van der Waals surface area contributed by atoms with Crippen molar-refractivity contribution in [2.45, 2.75) is 18.1 Å². The first-order chi connectivity index (χ1) is 9.46. The number of aromatic nitrogens is 2. The Bertz CT molecular complexity index is 833. The molecule has 1 unspecified atom stereocenters. The summed E-state index contributed by atoms with van der Waals surface area (Å²) in [4.78, 5) is 4.12. The van der Waals surface area contributed by atoms with Crippen LogP contribution in [0.3, 0.4) is 0 Å². The fourth-order valence-corrected chi connectivity index (χ4v) is 4.06. The Kier molecular flexibility index (Phi) is 2.72. The smallest absolute Gasteiger partial charge is 0.251 e. The molecule has 0 bridgehead atoms. The molecule has 1 aromatic heterocycles. The van der Waals surface area contributed by atoms with Crippen molar-refractivity contribution in [3.05, 3.63) is 48.6 Å². The minimum Gasteiger partial charge on any atom is -0.368 e. The van der Waals surface area contributed by atoms with Gasteiger partial charge in [-0.3, -0.25) is 0 Å². The molecule has 1 aromatic carbocycles. The number of imidazole rings is 1. The van der Waals surface area contributed by atoms with Crippen LogP contribution in [0.25, 0.3) is 11.0 Å². The van der Waals surface area contributed by atoms with Gasteiger partial charge in [0.2, 0.25) is 5.95 Å². The second kappa shape index (κ2) is 4.21. The molecular weight excluding hydrogens is 274 g/mol. The van der Waals surface area contributed by atoms with Gasteiger partial charge < -0.3 is 5.73 Å². The zero-order valence-electron chi connectivity index (χ0n) is 11.0. The summed E-state index contributed by atoms with van der Waals surface area (Å²) in [6.45, 7) is 1.69. The molecule has 3 rings (SSSR count). The molecule has 2 aromatic rings. The standard InChI is InChI=1S/C14H15N3O2S/c1-14(9-5-2-6-10-14)20(18,19)17-12-8-4-3-7-11(12)16-13(17)15/h2-9H,10H2,1H3,(H2,15,16). The highest BCUT2D eigenvalue weighted by Gasteiger charge is 2.40. The summed E-state index contributed by atoms with van der Waals surface area (Å²) in [5, 5.41) is 0. The lowest BCUT2D eigenvalue weighted by molar-refractivity contribution is 0.555. The lowest BCUT2D eigenvalue weighted by Gasteiger charge is -2.27. The number of anilines is 1. The summed E-state index contributed by atoms with van der Waals surface area (Å²) in [5.41, 5.74) is 6.92. The average molecular weight is 289 g/mol. The number of hydrogen-bond acceptors (Lipinski definition) is 4. The molecular formula is C14H15N3O2S. The predicted octanol–water partition coefficient (Wildman–Crippen LogP) is 2.07. The Morgan fingerprint density at radius 3 is 2.75 bits per heavy atom. The molecule has 6 heteroatoms. The van der Waals surface area contributed by atoms with Crippen molar-refractivity contribution in [3.8, 4) is 0 Å². The molecule has 0 radical (unpaired) electrons. The summed E-state index contributed by atoms with van der Waals surface area (Å²) < 4.78 is 26.1. The molecule has 1 aliphatic rings. The second-order valence-electron chi connectivity index (χ2n) is 5.03. The van der Waals surface area contributed by atoms with Crippen LogP contribution < -0.4 is 5.73 Å². The monoisotopic (exact) mass is 289 g/mol. The molecule has 104 valence electrons. The Balaban J connectivity index is 2.27. The van der Waals surface area contributed by atoms with Crippen LogP contribution in [0.5, 0.6) is 0 Å². The molecule has 5 nitrogen and oxygen atoms in total. The van der Waals surface area contributed by atoms with Crippen LogP contribution in [0.1, 0.15) is 13.3 Å². The number of rotatable bonds is 2. The second-order valence-corrected chi connectivity index (χ2v) is 7.28. The SMILES string of the molecule is CC1(S(=O)(=O)n2c(N)nc3ccccc32)C=CC=CC1. The van der Waals surface area contributed by atoms with Crippen LogP contribution >= 0.6 is 0 Å². The van der Waals surface area contributed by atoms with Crippen molar-refractivity contribution in [2.24, 2.45) is 0 Å². The molecule has 0 fully saturated rings. The number of nitrogen functional groups attached to an aromatic ring is 1. The van der Waals surface area contributed by atoms with Gasteiger partial charge in [0.05, 0.1) is 11.0 Å². The van der Waals surface area contributed by atoms with Crippen molar-refractivity contribution in [3.63, 3.8) is 0 Å². The molecule has 0 spiro atoms. The fourth-order valence-electron chi connectivity index (χ4n) is 2.38. The molecule has 1 aliphatic carbocycles. The van der Waals surface area contributed by atoms with E-state index in [9.17, 15) is 8.42 Å². The van der Waals surface area contributed by atoms with E-state index in [1.807, 2.05) is 12.2 Å². The van der Waals surface area contributed by atoms with E-state index < -0.39 is 14.8 Å². The van der Waals surface area contributed by atoms with Crippen molar-refractivity contribution >= 4 is 27.0 Å². The van der Waals surface area contributed by atoms with Crippen molar-refractivity contribution in [1.29, 1.82) is 0 Å². The molecule has 0 saturated heterocycles. The molecule has 0 aliphatic heterocycles. The van der Waals surface area contributed by atoms with Gasteiger partial charge in [-0.2, -0.15) is 0 Å². The Hall–Kier alpha value is -2.08. The highest BCUT2D eigenvalue weighted by Crippen LogP contribution is 2.32. The van der Waals surface area contributed by atoms with Crippen LogP contribution in [0, 0.1) is 0 Å². The van der Waals surface area contributed by atoms with Crippen LogP contribution in [-0.4, -0.2) is 22.1 Å². The van der Waals surface area contributed by atoms with Gasteiger partial charge in [-0.25, -0.2) is 17.4 Å². The van der Waals surface area contributed by atoms with Gasteiger partial charge in [0.1, 0.15) is 4.75 Å². The average Bonchev–Trinajstić information content (AvgIpc) is 2.75. The van der Waals surface area contributed by atoms with Gasteiger partial charge >= 0.3 is 0 Å². The minimum absolute atomic E-state index is 0.00428. The Labute approximate surface area is 117 Å². The summed E-state index contributed by atoms with van der Waals surface area (Å²) in [6.07, 6.45) is 7.53. The lowest BCUT2D eigenvalue weighted by Crippen LogP contribution is -2.38. The zero-order valence-corrected chi connectivity index (χ0v) is 11.8. The summed E-state index contributed by atoms with van der Waals surface area (Å²) in [7, 11) is -3.68. The van der Waals surface area contributed by atoms with E-state index in [4.69, 9.17) is 5.73 Å². The first kappa shape index (κ1) is 12.9. The van der Waals surface area contributed by atoms with E-state index in [0.29, 0.717) is 17.5 Å². The van der Waals surface area contributed by atoms with E-state index in [2.05, 4.69) is 4.98 Å². The number of nitrogens with zero attached hydrogens (tertiary/aromatic N) is 2. The van der Waals surface area contributed by atoms with Gasteiger partial charge in [-0.05, 0) is 25.5 Å². The van der Waals surface area contributed by atoms with Crippen molar-refractivity contribution in [1.82, 2.24) is 8.96 Å². The van der Waals surface area contributed by atoms with Gasteiger partial charge in [-0.1, -0.05) is 36.4 Å². The number of hydrogen-bond donors (Lipinski definition) is 1. The quantitative estimate of drug-likeness (QED) is 0.918. The fraction of sp³-hybridized carbons (Fsp3) is 0.214. The normalized spacial score (nSPS) is 22.4. The van der Waals surface area contributed by atoms with E-state index in [0.717, 1.165) is 3.97 Å². The van der Waals surface area contributed by atoms with Crippen molar-refractivity contribution < 1.29 is 8.42 Å².